The number of benzene rings is 1. The molecule has 4 heteroatoms. The minimum Gasteiger partial charge on any atom is -0.312 e. The van der Waals surface area contributed by atoms with E-state index in [1.54, 1.807) is 0 Å². The molecule has 1 atom stereocenters. The largest absolute Gasteiger partial charge is 0.312 e. The SMILES string of the molecule is Cc1ccc(-c2cnn(CC3CCCN3)c2C)cc1Br. The van der Waals surface area contributed by atoms with Crippen LogP contribution in [0.25, 0.3) is 11.1 Å². The fourth-order valence-electron chi connectivity index (χ4n) is 2.80. The Kier molecular flexibility index (Phi) is 3.94. The standard InChI is InChI=1S/C16H20BrN3/c1-11-5-6-13(8-16(11)17)15-9-19-20(12(15)2)10-14-4-3-7-18-14/h5-6,8-9,14,18H,3-4,7,10H2,1-2H3. The summed E-state index contributed by atoms with van der Waals surface area (Å²) in [6.07, 6.45) is 4.52. The lowest BCUT2D eigenvalue weighted by Gasteiger charge is -2.12. The number of rotatable bonds is 3. The highest BCUT2D eigenvalue weighted by atomic mass is 79.9. The van der Waals surface area contributed by atoms with Crippen molar-refractivity contribution in [2.75, 3.05) is 6.54 Å². The summed E-state index contributed by atoms with van der Waals surface area (Å²) < 4.78 is 3.28. The van der Waals surface area contributed by atoms with Gasteiger partial charge >= 0.3 is 0 Å². The number of aryl methyl sites for hydroxylation is 1. The molecule has 3 rings (SSSR count). The Morgan fingerprint density at radius 3 is 2.95 bits per heavy atom. The molecule has 106 valence electrons. The molecule has 1 aliphatic heterocycles. The predicted molar refractivity (Wildman–Crippen MR) is 85.9 cm³/mol. The highest BCUT2D eigenvalue weighted by Crippen LogP contribution is 2.28. The van der Waals surface area contributed by atoms with Gasteiger partial charge in [-0.3, -0.25) is 4.68 Å². The van der Waals surface area contributed by atoms with Gasteiger partial charge in [0.25, 0.3) is 0 Å². The van der Waals surface area contributed by atoms with Crippen molar-refractivity contribution in [2.45, 2.75) is 39.3 Å². The Morgan fingerprint density at radius 2 is 2.25 bits per heavy atom. The van der Waals surface area contributed by atoms with Gasteiger partial charge in [-0.25, -0.2) is 0 Å². The smallest absolute Gasteiger partial charge is 0.0571 e. The Bertz CT molecular complexity index is 612. The van der Waals surface area contributed by atoms with Crippen LogP contribution < -0.4 is 5.32 Å². The summed E-state index contributed by atoms with van der Waals surface area (Å²) in [6, 6.07) is 7.07. The van der Waals surface area contributed by atoms with Gasteiger partial charge in [-0.05, 0) is 50.4 Å². The molecule has 2 aromatic rings. The van der Waals surface area contributed by atoms with Crippen LogP contribution in [0, 0.1) is 13.8 Å². The molecule has 0 aliphatic carbocycles. The van der Waals surface area contributed by atoms with E-state index < -0.39 is 0 Å². The zero-order chi connectivity index (χ0) is 14.1. The lowest BCUT2D eigenvalue weighted by Crippen LogP contribution is -2.27. The van der Waals surface area contributed by atoms with E-state index in [9.17, 15) is 0 Å². The van der Waals surface area contributed by atoms with Gasteiger partial charge < -0.3 is 5.32 Å². The topological polar surface area (TPSA) is 29.9 Å². The number of hydrogen-bond donors (Lipinski definition) is 1. The molecule has 20 heavy (non-hydrogen) atoms. The fourth-order valence-corrected chi connectivity index (χ4v) is 3.17. The minimum atomic E-state index is 0.575. The Balaban J connectivity index is 1.87. The monoisotopic (exact) mass is 333 g/mol. The minimum absolute atomic E-state index is 0.575. The van der Waals surface area contributed by atoms with Crippen LogP contribution in [0.15, 0.2) is 28.9 Å². The first kappa shape index (κ1) is 13.8. The van der Waals surface area contributed by atoms with E-state index in [1.165, 1.54) is 35.2 Å². The van der Waals surface area contributed by atoms with Crippen LogP contribution in [0.3, 0.4) is 0 Å². The van der Waals surface area contributed by atoms with Crippen molar-refractivity contribution in [2.24, 2.45) is 0 Å². The molecule has 1 aromatic heterocycles. The molecule has 1 fully saturated rings. The van der Waals surface area contributed by atoms with Crippen LogP contribution in [-0.2, 0) is 6.54 Å². The van der Waals surface area contributed by atoms with Crippen LogP contribution in [0.1, 0.15) is 24.1 Å². The van der Waals surface area contributed by atoms with E-state index in [1.807, 2.05) is 6.20 Å². The zero-order valence-electron chi connectivity index (χ0n) is 12.0. The molecule has 1 N–H and O–H groups in total. The number of aromatic nitrogens is 2. The zero-order valence-corrected chi connectivity index (χ0v) is 13.6. The van der Waals surface area contributed by atoms with Crippen molar-refractivity contribution < 1.29 is 0 Å². The second kappa shape index (κ2) is 5.70. The normalized spacial score (nSPS) is 18.6. The van der Waals surface area contributed by atoms with Crippen LogP contribution in [0.5, 0.6) is 0 Å². The molecule has 0 radical (unpaired) electrons. The Labute approximate surface area is 128 Å². The van der Waals surface area contributed by atoms with Crippen LogP contribution in [0.4, 0.5) is 0 Å². The van der Waals surface area contributed by atoms with Crippen LogP contribution >= 0.6 is 15.9 Å². The number of nitrogens with one attached hydrogen (secondary N) is 1. The van der Waals surface area contributed by atoms with Crippen molar-refractivity contribution in [1.29, 1.82) is 0 Å². The molecular weight excluding hydrogens is 314 g/mol. The molecule has 1 saturated heterocycles. The quantitative estimate of drug-likeness (QED) is 0.928. The summed E-state index contributed by atoms with van der Waals surface area (Å²) in [6.45, 7) is 6.38. The third kappa shape index (κ3) is 2.67. The summed E-state index contributed by atoms with van der Waals surface area (Å²) in [5, 5.41) is 8.10. The van der Waals surface area contributed by atoms with Crippen molar-refractivity contribution in [1.82, 2.24) is 15.1 Å². The summed E-state index contributed by atoms with van der Waals surface area (Å²) in [7, 11) is 0. The summed E-state index contributed by atoms with van der Waals surface area (Å²) in [5.41, 5.74) is 4.96. The fraction of sp³-hybridized carbons (Fsp3) is 0.438. The van der Waals surface area contributed by atoms with E-state index >= 15 is 0 Å². The first-order valence-corrected chi connectivity index (χ1v) is 7.97. The average Bonchev–Trinajstić information content (AvgIpc) is 3.05. The van der Waals surface area contributed by atoms with Gasteiger partial charge in [0.1, 0.15) is 0 Å². The first-order chi connectivity index (χ1) is 9.65. The van der Waals surface area contributed by atoms with Gasteiger partial charge in [0, 0.05) is 21.8 Å². The summed E-state index contributed by atoms with van der Waals surface area (Å²) >= 11 is 3.61. The van der Waals surface area contributed by atoms with Gasteiger partial charge in [-0.15, -0.1) is 0 Å². The first-order valence-electron chi connectivity index (χ1n) is 7.17. The van der Waals surface area contributed by atoms with Gasteiger partial charge in [-0.2, -0.15) is 5.10 Å². The van der Waals surface area contributed by atoms with Crippen molar-refractivity contribution in [3.8, 4) is 11.1 Å². The maximum atomic E-state index is 4.57. The van der Waals surface area contributed by atoms with Crippen molar-refractivity contribution >= 4 is 15.9 Å². The molecule has 0 spiro atoms. The molecule has 1 aliphatic rings. The van der Waals surface area contributed by atoms with Gasteiger partial charge in [-0.1, -0.05) is 28.1 Å². The number of hydrogen-bond acceptors (Lipinski definition) is 2. The van der Waals surface area contributed by atoms with Gasteiger partial charge in [0.2, 0.25) is 0 Å². The highest BCUT2D eigenvalue weighted by molar-refractivity contribution is 9.10. The molecule has 2 heterocycles. The Morgan fingerprint density at radius 1 is 1.40 bits per heavy atom. The van der Waals surface area contributed by atoms with Crippen molar-refractivity contribution in [3.63, 3.8) is 0 Å². The third-order valence-corrected chi connectivity index (χ3v) is 5.00. The van der Waals surface area contributed by atoms with E-state index in [-0.39, 0.29) is 0 Å². The molecule has 0 bridgehead atoms. The molecule has 0 saturated carbocycles. The second-order valence-corrected chi connectivity index (χ2v) is 6.44. The lowest BCUT2D eigenvalue weighted by molar-refractivity contribution is 0.469. The van der Waals surface area contributed by atoms with Crippen LogP contribution in [0.2, 0.25) is 0 Å². The molecule has 0 amide bonds. The van der Waals surface area contributed by atoms with Gasteiger partial charge in [0.05, 0.1) is 12.7 Å². The maximum absolute atomic E-state index is 4.57. The average molecular weight is 334 g/mol. The van der Waals surface area contributed by atoms with Gasteiger partial charge in [0.15, 0.2) is 0 Å². The summed E-state index contributed by atoms with van der Waals surface area (Å²) in [5.74, 6) is 0. The maximum Gasteiger partial charge on any atom is 0.0571 e. The second-order valence-electron chi connectivity index (χ2n) is 5.58. The Hall–Kier alpha value is -1.13. The number of halogens is 1. The van der Waals surface area contributed by atoms with Crippen molar-refractivity contribution in [3.05, 3.63) is 40.1 Å². The van der Waals surface area contributed by atoms with E-state index in [4.69, 9.17) is 0 Å². The predicted octanol–water partition coefficient (Wildman–Crippen LogP) is 3.68. The molecule has 1 unspecified atom stereocenters. The molecular formula is C16H20BrN3. The third-order valence-electron chi connectivity index (χ3n) is 4.14. The van der Waals surface area contributed by atoms with Crippen LogP contribution in [-0.4, -0.2) is 22.4 Å². The number of nitrogens with zero attached hydrogens (tertiary/aromatic N) is 2. The van der Waals surface area contributed by atoms with E-state index in [0.717, 1.165) is 17.6 Å². The molecule has 1 aromatic carbocycles. The lowest BCUT2D eigenvalue weighted by atomic mass is 10.1. The van der Waals surface area contributed by atoms with E-state index in [0.29, 0.717) is 6.04 Å². The highest BCUT2D eigenvalue weighted by Gasteiger charge is 2.17. The molecule has 3 nitrogen and oxygen atoms in total. The summed E-state index contributed by atoms with van der Waals surface area (Å²) in [4.78, 5) is 0. The van der Waals surface area contributed by atoms with E-state index in [2.05, 4.69) is 63.1 Å².